The van der Waals surface area contributed by atoms with Gasteiger partial charge in [-0.1, -0.05) is 24.3 Å². The van der Waals surface area contributed by atoms with Crippen molar-refractivity contribution in [2.75, 3.05) is 13.7 Å². The highest BCUT2D eigenvalue weighted by atomic mass is 19.4. The molecule has 0 aliphatic rings. The number of imidazole rings is 1. The maximum atomic E-state index is 12.7. The van der Waals surface area contributed by atoms with Crippen molar-refractivity contribution in [3.8, 4) is 22.9 Å². The summed E-state index contributed by atoms with van der Waals surface area (Å²) in [4.78, 5) is 4.23. The van der Waals surface area contributed by atoms with E-state index in [1.807, 2.05) is 0 Å². The predicted octanol–water partition coefficient (Wildman–Crippen LogP) is 4.10. The molecule has 1 aromatic heterocycles. The lowest BCUT2D eigenvalue weighted by atomic mass is 10.1. The molecule has 0 saturated carbocycles. The Morgan fingerprint density at radius 1 is 1.10 bits per heavy atom. The van der Waals surface area contributed by atoms with Crippen molar-refractivity contribution in [3.63, 3.8) is 0 Å². The molecular formula is C21H21F3N2O3. The molecule has 3 aromatic rings. The van der Waals surface area contributed by atoms with Gasteiger partial charge >= 0.3 is 6.18 Å². The van der Waals surface area contributed by atoms with Crippen molar-refractivity contribution in [1.29, 1.82) is 0 Å². The number of alkyl halides is 3. The number of halogens is 3. The van der Waals surface area contributed by atoms with Crippen molar-refractivity contribution in [1.82, 2.24) is 9.55 Å². The van der Waals surface area contributed by atoms with Gasteiger partial charge in [0, 0.05) is 24.0 Å². The van der Waals surface area contributed by atoms with Gasteiger partial charge in [-0.3, -0.25) is 0 Å². The lowest BCUT2D eigenvalue weighted by Crippen LogP contribution is -2.23. The summed E-state index contributed by atoms with van der Waals surface area (Å²) in [7, 11) is 1.55. The van der Waals surface area contributed by atoms with Crippen LogP contribution in [0.3, 0.4) is 0 Å². The molecule has 0 amide bonds. The molecule has 0 fully saturated rings. The maximum Gasteiger partial charge on any atom is 0.393 e. The van der Waals surface area contributed by atoms with Crippen LogP contribution >= 0.6 is 0 Å². The van der Waals surface area contributed by atoms with E-state index in [9.17, 15) is 18.3 Å². The minimum Gasteiger partial charge on any atom is -0.497 e. The first-order valence-electron chi connectivity index (χ1n) is 8.96. The van der Waals surface area contributed by atoms with Gasteiger partial charge in [0.05, 0.1) is 20.1 Å². The third-order valence-corrected chi connectivity index (χ3v) is 4.20. The zero-order chi connectivity index (χ0) is 20.9. The number of ether oxygens (including phenoxy) is 2. The average molecular weight is 406 g/mol. The first-order chi connectivity index (χ1) is 13.8. The summed E-state index contributed by atoms with van der Waals surface area (Å²) in [6.45, 7) is 0.224. The molecule has 1 atom stereocenters. The third kappa shape index (κ3) is 5.99. The summed E-state index contributed by atoms with van der Waals surface area (Å²) in [6, 6.07) is 13.2. The van der Waals surface area contributed by atoms with Crippen LogP contribution in [0, 0.1) is 0 Å². The number of hydrogen-bond donors (Lipinski definition) is 1. The van der Waals surface area contributed by atoms with Crippen molar-refractivity contribution in [2.45, 2.75) is 25.2 Å². The lowest BCUT2D eigenvalue weighted by Gasteiger charge is -2.15. The van der Waals surface area contributed by atoms with E-state index in [1.165, 1.54) is 12.1 Å². The fraction of sp³-hybridized carbons (Fsp3) is 0.286. The number of methoxy groups -OCH3 is 1. The Kier molecular flexibility index (Phi) is 6.43. The lowest BCUT2D eigenvalue weighted by molar-refractivity contribution is -0.127. The summed E-state index contributed by atoms with van der Waals surface area (Å²) < 4.78 is 50.4. The standard InChI is InChI=1S/C21H21F3N2O3/c1-28-18-6-3-7-19(11-18)29-14-17(27)13-26-9-8-25-20(26)16-5-2-4-15(10-16)12-21(22,23)24/h2-11,17,27H,12-14H2,1H3. The van der Waals surface area contributed by atoms with E-state index in [0.717, 1.165) is 0 Å². The Labute approximate surface area is 166 Å². The summed E-state index contributed by atoms with van der Waals surface area (Å²) >= 11 is 0. The number of benzene rings is 2. The molecule has 0 aliphatic carbocycles. The smallest absolute Gasteiger partial charge is 0.393 e. The van der Waals surface area contributed by atoms with Gasteiger partial charge in [-0.2, -0.15) is 13.2 Å². The van der Waals surface area contributed by atoms with Crippen LogP contribution in [-0.4, -0.2) is 40.7 Å². The Morgan fingerprint density at radius 2 is 1.86 bits per heavy atom. The van der Waals surface area contributed by atoms with Gasteiger partial charge < -0.3 is 19.1 Å². The predicted molar refractivity (Wildman–Crippen MR) is 102 cm³/mol. The largest absolute Gasteiger partial charge is 0.497 e. The minimum atomic E-state index is -4.28. The average Bonchev–Trinajstić information content (AvgIpc) is 3.13. The van der Waals surface area contributed by atoms with Crippen LogP contribution in [0.15, 0.2) is 60.9 Å². The van der Waals surface area contributed by atoms with Crippen LogP contribution in [0.1, 0.15) is 5.56 Å². The molecular weight excluding hydrogens is 385 g/mol. The number of aliphatic hydroxyl groups is 1. The molecule has 0 saturated heterocycles. The molecule has 0 spiro atoms. The second-order valence-electron chi connectivity index (χ2n) is 6.54. The topological polar surface area (TPSA) is 56.5 Å². The molecule has 0 radical (unpaired) electrons. The van der Waals surface area contributed by atoms with E-state index in [4.69, 9.17) is 9.47 Å². The maximum absolute atomic E-state index is 12.7. The van der Waals surface area contributed by atoms with Crippen molar-refractivity contribution >= 4 is 0 Å². The number of rotatable bonds is 8. The molecule has 29 heavy (non-hydrogen) atoms. The molecule has 0 aliphatic heterocycles. The summed E-state index contributed by atoms with van der Waals surface area (Å²) in [5.74, 6) is 1.69. The molecule has 154 valence electrons. The number of nitrogens with zero attached hydrogens (tertiary/aromatic N) is 2. The summed E-state index contributed by atoms with van der Waals surface area (Å²) in [5.41, 5.74) is 0.712. The van der Waals surface area contributed by atoms with Crippen molar-refractivity contribution in [3.05, 3.63) is 66.5 Å². The van der Waals surface area contributed by atoms with Gasteiger partial charge in [0.15, 0.2) is 0 Å². The van der Waals surface area contributed by atoms with E-state index >= 15 is 0 Å². The Morgan fingerprint density at radius 3 is 2.62 bits per heavy atom. The first-order valence-corrected chi connectivity index (χ1v) is 8.96. The normalized spacial score (nSPS) is 12.6. The van der Waals surface area contributed by atoms with Crippen LogP contribution in [-0.2, 0) is 13.0 Å². The first kappa shape index (κ1) is 20.7. The van der Waals surface area contributed by atoms with E-state index in [1.54, 1.807) is 60.5 Å². The minimum absolute atomic E-state index is 0.0406. The second-order valence-corrected chi connectivity index (χ2v) is 6.54. The molecule has 8 heteroatoms. The van der Waals surface area contributed by atoms with Gasteiger partial charge in [-0.25, -0.2) is 4.98 Å². The highest BCUT2D eigenvalue weighted by Crippen LogP contribution is 2.25. The monoisotopic (exact) mass is 406 g/mol. The van der Waals surface area contributed by atoms with Crippen LogP contribution in [0.5, 0.6) is 11.5 Å². The van der Waals surface area contributed by atoms with Crippen molar-refractivity contribution < 1.29 is 27.8 Å². The van der Waals surface area contributed by atoms with Crippen molar-refractivity contribution in [2.24, 2.45) is 0 Å². The number of aliphatic hydroxyl groups excluding tert-OH is 1. The highest BCUT2D eigenvalue weighted by molar-refractivity contribution is 5.56. The van der Waals surface area contributed by atoms with Crippen LogP contribution in [0.25, 0.3) is 11.4 Å². The zero-order valence-corrected chi connectivity index (χ0v) is 15.8. The number of aromatic nitrogens is 2. The molecule has 2 aromatic carbocycles. The van der Waals surface area contributed by atoms with Crippen LogP contribution < -0.4 is 9.47 Å². The SMILES string of the molecule is COc1cccc(OCC(O)Cn2ccnc2-c2cccc(CC(F)(F)F)c2)c1. The Bertz CT molecular complexity index is 941. The number of hydrogen-bond acceptors (Lipinski definition) is 4. The Hall–Kier alpha value is -3.00. The van der Waals surface area contributed by atoms with Gasteiger partial charge in [0.1, 0.15) is 30.0 Å². The molecule has 0 bridgehead atoms. The zero-order valence-electron chi connectivity index (χ0n) is 15.8. The van der Waals surface area contributed by atoms with Crippen LogP contribution in [0.4, 0.5) is 13.2 Å². The third-order valence-electron chi connectivity index (χ3n) is 4.20. The van der Waals surface area contributed by atoms with E-state index in [2.05, 4.69) is 4.98 Å². The highest BCUT2D eigenvalue weighted by Gasteiger charge is 2.27. The quantitative estimate of drug-likeness (QED) is 0.612. The van der Waals surface area contributed by atoms with Crippen LogP contribution in [0.2, 0.25) is 0 Å². The molecule has 3 rings (SSSR count). The Balaban J connectivity index is 1.66. The molecule has 1 heterocycles. The van der Waals surface area contributed by atoms with Gasteiger partial charge in [-0.15, -0.1) is 0 Å². The van der Waals surface area contributed by atoms with E-state index in [0.29, 0.717) is 22.9 Å². The molecule has 5 nitrogen and oxygen atoms in total. The van der Waals surface area contributed by atoms with E-state index in [-0.39, 0.29) is 18.7 Å². The fourth-order valence-corrected chi connectivity index (χ4v) is 2.93. The fourth-order valence-electron chi connectivity index (χ4n) is 2.93. The van der Waals surface area contributed by atoms with Gasteiger partial charge in [0.2, 0.25) is 0 Å². The van der Waals surface area contributed by atoms with Gasteiger partial charge in [0.25, 0.3) is 0 Å². The second kappa shape index (κ2) is 9.00. The van der Waals surface area contributed by atoms with Gasteiger partial charge in [-0.05, 0) is 23.8 Å². The molecule has 1 N–H and O–H groups in total. The molecule has 1 unspecified atom stereocenters. The summed E-state index contributed by atoms with van der Waals surface area (Å²) in [6.07, 6.45) is -2.91. The summed E-state index contributed by atoms with van der Waals surface area (Å²) in [5, 5.41) is 10.3. The van der Waals surface area contributed by atoms with E-state index < -0.39 is 18.7 Å².